The number of rotatable bonds is 7. The van der Waals surface area contributed by atoms with Gasteiger partial charge in [0, 0.05) is 23.8 Å². The van der Waals surface area contributed by atoms with Gasteiger partial charge in [-0.2, -0.15) is 0 Å². The van der Waals surface area contributed by atoms with Crippen LogP contribution in [0.4, 0.5) is 16.2 Å². The highest BCUT2D eigenvalue weighted by Crippen LogP contribution is 2.18. The van der Waals surface area contributed by atoms with Crippen molar-refractivity contribution in [3.8, 4) is 0 Å². The lowest BCUT2D eigenvalue weighted by molar-refractivity contribution is -0.120. The minimum absolute atomic E-state index is 0.0230. The number of anilines is 2. The molecule has 1 aromatic rings. The van der Waals surface area contributed by atoms with E-state index in [0.29, 0.717) is 18.0 Å². The van der Waals surface area contributed by atoms with Gasteiger partial charge in [0.2, 0.25) is 11.8 Å². The molecule has 1 aliphatic carbocycles. The molecule has 1 aliphatic rings. The van der Waals surface area contributed by atoms with Gasteiger partial charge in [0.05, 0.1) is 0 Å². The standard InChI is InChI=1S/C18H26N4O3/c1-11(2)10-16(23)20-14-6-4-13(5-7-14)19-12(3)17(24)22-18(25)21-15-8-9-15/h4-7,11-12,15,19H,8-10H2,1-3H3,(H,20,23)(H2,21,22,24,25). The molecule has 1 unspecified atom stereocenters. The lowest BCUT2D eigenvalue weighted by atomic mass is 10.1. The van der Waals surface area contributed by atoms with Gasteiger partial charge in [0.25, 0.3) is 0 Å². The summed E-state index contributed by atoms with van der Waals surface area (Å²) in [6, 6.07) is 6.28. The maximum absolute atomic E-state index is 12.0. The SMILES string of the molecule is CC(C)CC(=O)Nc1ccc(NC(C)C(=O)NC(=O)NC2CC2)cc1. The predicted octanol–water partition coefficient (Wildman–Crippen LogP) is 2.46. The molecule has 0 saturated heterocycles. The molecule has 7 heteroatoms. The van der Waals surface area contributed by atoms with Crippen LogP contribution in [0.25, 0.3) is 0 Å². The zero-order valence-corrected chi connectivity index (χ0v) is 14.9. The van der Waals surface area contributed by atoms with Gasteiger partial charge < -0.3 is 16.0 Å². The summed E-state index contributed by atoms with van der Waals surface area (Å²) in [5, 5.41) is 10.9. The molecule has 4 amide bonds. The van der Waals surface area contributed by atoms with E-state index in [2.05, 4.69) is 21.3 Å². The molecular formula is C18H26N4O3. The van der Waals surface area contributed by atoms with Gasteiger partial charge >= 0.3 is 6.03 Å². The summed E-state index contributed by atoms with van der Waals surface area (Å²) in [6.45, 7) is 5.66. The molecule has 136 valence electrons. The van der Waals surface area contributed by atoms with E-state index in [1.54, 1.807) is 31.2 Å². The van der Waals surface area contributed by atoms with E-state index >= 15 is 0 Å². The van der Waals surface area contributed by atoms with Gasteiger partial charge in [-0.25, -0.2) is 4.79 Å². The van der Waals surface area contributed by atoms with Crippen molar-refractivity contribution >= 4 is 29.2 Å². The van der Waals surface area contributed by atoms with Gasteiger partial charge in [-0.05, 0) is 49.9 Å². The number of urea groups is 1. The van der Waals surface area contributed by atoms with Gasteiger partial charge in [-0.3, -0.25) is 14.9 Å². The van der Waals surface area contributed by atoms with Crippen LogP contribution in [0.2, 0.25) is 0 Å². The summed E-state index contributed by atoms with van der Waals surface area (Å²) in [4.78, 5) is 35.3. The average molecular weight is 346 g/mol. The minimum Gasteiger partial charge on any atom is -0.374 e. The second-order valence-electron chi connectivity index (χ2n) is 6.83. The molecular weight excluding hydrogens is 320 g/mol. The van der Waals surface area contributed by atoms with Gasteiger partial charge in [-0.1, -0.05) is 13.8 Å². The Balaban J connectivity index is 1.79. The Morgan fingerprint density at radius 1 is 1.04 bits per heavy atom. The first kappa shape index (κ1) is 18.8. The summed E-state index contributed by atoms with van der Waals surface area (Å²) in [6.07, 6.45) is 2.41. The van der Waals surface area contributed by atoms with E-state index in [1.807, 2.05) is 13.8 Å². The van der Waals surface area contributed by atoms with E-state index in [-0.39, 0.29) is 11.9 Å². The highest BCUT2D eigenvalue weighted by atomic mass is 16.2. The van der Waals surface area contributed by atoms with Gasteiger partial charge in [0.1, 0.15) is 6.04 Å². The van der Waals surface area contributed by atoms with Crippen LogP contribution >= 0.6 is 0 Å². The van der Waals surface area contributed by atoms with Crippen molar-refractivity contribution in [2.45, 2.75) is 52.1 Å². The summed E-state index contributed by atoms with van der Waals surface area (Å²) in [5.74, 6) is -0.116. The van der Waals surface area contributed by atoms with Crippen molar-refractivity contribution in [2.24, 2.45) is 5.92 Å². The molecule has 1 saturated carbocycles. The number of benzene rings is 1. The third kappa shape index (κ3) is 6.82. The van der Waals surface area contributed by atoms with Crippen LogP contribution in [-0.4, -0.2) is 29.9 Å². The molecule has 0 bridgehead atoms. The zero-order valence-electron chi connectivity index (χ0n) is 14.9. The number of imide groups is 1. The van der Waals surface area contributed by atoms with Crippen molar-refractivity contribution < 1.29 is 14.4 Å². The number of nitrogens with one attached hydrogen (secondary N) is 4. The maximum atomic E-state index is 12.0. The maximum Gasteiger partial charge on any atom is 0.321 e. The van der Waals surface area contributed by atoms with Crippen LogP contribution in [0.1, 0.15) is 40.0 Å². The number of amides is 4. The molecule has 0 spiro atoms. The van der Waals surface area contributed by atoms with Crippen LogP contribution in [-0.2, 0) is 9.59 Å². The van der Waals surface area contributed by atoms with Crippen LogP contribution in [0.15, 0.2) is 24.3 Å². The average Bonchev–Trinajstić information content (AvgIpc) is 3.32. The minimum atomic E-state index is -0.564. The largest absolute Gasteiger partial charge is 0.374 e. The second-order valence-corrected chi connectivity index (χ2v) is 6.83. The normalized spacial score (nSPS) is 14.6. The third-order valence-corrected chi connectivity index (χ3v) is 3.69. The zero-order chi connectivity index (χ0) is 18.4. The lowest BCUT2D eigenvalue weighted by Crippen LogP contribution is -2.46. The number of hydrogen-bond acceptors (Lipinski definition) is 4. The molecule has 1 fully saturated rings. The molecule has 25 heavy (non-hydrogen) atoms. The summed E-state index contributed by atoms with van der Waals surface area (Å²) in [7, 11) is 0. The van der Waals surface area contributed by atoms with Crippen molar-refractivity contribution in [2.75, 3.05) is 10.6 Å². The van der Waals surface area contributed by atoms with E-state index in [1.165, 1.54) is 0 Å². The topological polar surface area (TPSA) is 99.3 Å². The molecule has 2 rings (SSSR count). The Labute approximate surface area is 147 Å². The Morgan fingerprint density at radius 2 is 1.64 bits per heavy atom. The Kier molecular flexibility index (Phi) is 6.38. The van der Waals surface area contributed by atoms with E-state index < -0.39 is 18.0 Å². The molecule has 1 atom stereocenters. The lowest BCUT2D eigenvalue weighted by Gasteiger charge is -2.15. The first-order valence-electron chi connectivity index (χ1n) is 8.61. The Bertz CT molecular complexity index is 624. The first-order valence-corrected chi connectivity index (χ1v) is 8.61. The summed E-state index contributed by atoms with van der Waals surface area (Å²) in [5.41, 5.74) is 1.43. The Hall–Kier alpha value is -2.57. The molecule has 1 aromatic carbocycles. The first-order chi connectivity index (χ1) is 11.8. The van der Waals surface area contributed by atoms with Crippen molar-refractivity contribution in [1.29, 1.82) is 0 Å². The molecule has 0 radical (unpaired) electrons. The molecule has 0 aliphatic heterocycles. The fourth-order valence-electron chi connectivity index (χ4n) is 2.22. The molecule has 0 heterocycles. The highest BCUT2D eigenvalue weighted by Gasteiger charge is 2.24. The molecule has 0 aromatic heterocycles. The molecule has 4 N–H and O–H groups in total. The Morgan fingerprint density at radius 3 is 2.20 bits per heavy atom. The number of carbonyl (C=O) groups is 3. The fraction of sp³-hybridized carbons (Fsp3) is 0.500. The van der Waals surface area contributed by atoms with E-state index in [9.17, 15) is 14.4 Å². The van der Waals surface area contributed by atoms with Crippen LogP contribution < -0.4 is 21.3 Å². The third-order valence-electron chi connectivity index (χ3n) is 3.69. The van der Waals surface area contributed by atoms with E-state index in [4.69, 9.17) is 0 Å². The summed E-state index contributed by atoms with van der Waals surface area (Å²) >= 11 is 0. The second kappa shape index (κ2) is 8.50. The van der Waals surface area contributed by atoms with Crippen LogP contribution in [0, 0.1) is 5.92 Å². The summed E-state index contributed by atoms with van der Waals surface area (Å²) < 4.78 is 0. The van der Waals surface area contributed by atoms with Crippen molar-refractivity contribution in [3.05, 3.63) is 24.3 Å². The predicted molar refractivity (Wildman–Crippen MR) is 97.3 cm³/mol. The van der Waals surface area contributed by atoms with E-state index in [0.717, 1.165) is 18.5 Å². The van der Waals surface area contributed by atoms with Gasteiger partial charge in [-0.15, -0.1) is 0 Å². The molecule has 7 nitrogen and oxygen atoms in total. The van der Waals surface area contributed by atoms with Crippen molar-refractivity contribution in [1.82, 2.24) is 10.6 Å². The number of hydrogen-bond donors (Lipinski definition) is 4. The fourth-order valence-corrected chi connectivity index (χ4v) is 2.22. The number of carbonyl (C=O) groups excluding carboxylic acids is 3. The smallest absolute Gasteiger partial charge is 0.321 e. The van der Waals surface area contributed by atoms with Crippen LogP contribution in [0.5, 0.6) is 0 Å². The quantitative estimate of drug-likeness (QED) is 0.609. The van der Waals surface area contributed by atoms with Gasteiger partial charge in [0.15, 0.2) is 0 Å². The van der Waals surface area contributed by atoms with Crippen LogP contribution in [0.3, 0.4) is 0 Å². The highest BCUT2D eigenvalue weighted by molar-refractivity contribution is 5.98. The monoisotopic (exact) mass is 346 g/mol. The van der Waals surface area contributed by atoms with Crippen molar-refractivity contribution in [3.63, 3.8) is 0 Å².